The van der Waals surface area contributed by atoms with Crippen molar-refractivity contribution in [1.29, 1.82) is 0 Å². The zero-order valence-electron chi connectivity index (χ0n) is 19.0. The van der Waals surface area contributed by atoms with Crippen molar-refractivity contribution >= 4 is 57.3 Å². The molecule has 4 rings (SSSR count). The molecule has 0 radical (unpaired) electrons. The van der Waals surface area contributed by atoms with Crippen LogP contribution in [0.3, 0.4) is 0 Å². The predicted molar refractivity (Wildman–Crippen MR) is 132 cm³/mol. The van der Waals surface area contributed by atoms with E-state index in [1.807, 2.05) is 0 Å². The highest BCUT2D eigenvalue weighted by molar-refractivity contribution is 7.87. The third-order valence-electron chi connectivity index (χ3n) is 5.15. The molecule has 1 N–H and O–H groups in total. The van der Waals surface area contributed by atoms with Crippen LogP contribution < -0.4 is 14.4 Å². The number of hydrogen-bond acceptors (Lipinski definition) is 8. The third-order valence-corrected chi connectivity index (χ3v) is 6.69. The van der Waals surface area contributed by atoms with Crippen molar-refractivity contribution in [3.8, 4) is 5.75 Å². The molecule has 1 aliphatic rings. The number of hydrogen-bond donors (Lipinski definition) is 1. The molecule has 1 fully saturated rings. The maximum absolute atomic E-state index is 13.1. The summed E-state index contributed by atoms with van der Waals surface area (Å²) in [4.78, 5) is 50.2. The average molecular weight is 541 g/mol. The van der Waals surface area contributed by atoms with E-state index >= 15 is 0 Å². The van der Waals surface area contributed by atoms with Gasteiger partial charge in [0.1, 0.15) is 10.5 Å². The first-order valence-corrected chi connectivity index (χ1v) is 12.3. The van der Waals surface area contributed by atoms with Crippen LogP contribution in [-0.4, -0.2) is 39.3 Å². The van der Waals surface area contributed by atoms with Crippen LogP contribution in [0, 0.1) is 0 Å². The highest BCUT2D eigenvalue weighted by Crippen LogP contribution is 2.30. The second kappa shape index (κ2) is 10.2. The SMILES string of the molecule is COC(=O)c1ccc(N2C(=O)NC(=O)/C(=C\c3ccc(OS(=O)(=O)c4ccccc4)c(Cl)c3)C2=O)cc1. The van der Waals surface area contributed by atoms with Gasteiger partial charge < -0.3 is 8.92 Å². The Kier molecular flexibility index (Phi) is 7.09. The Balaban J connectivity index is 1.60. The third kappa shape index (κ3) is 5.37. The highest BCUT2D eigenvalue weighted by atomic mass is 35.5. The molecule has 1 aliphatic heterocycles. The molecular formula is C25H17ClN2O8S. The molecule has 0 unspecified atom stereocenters. The summed E-state index contributed by atoms with van der Waals surface area (Å²) in [7, 11) is -2.92. The van der Waals surface area contributed by atoms with Gasteiger partial charge in [-0.1, -0.05) is 35.9 Å². The van der Waals surface area contributed by atoms with Crippen molar-refractivity contribution in [2.75, 3.05) is 12.0 Å². The summed E-state index contributed by atoms with van der Waals surface area (Å²) in [5, 5.41) is 1.99. The van der Waals surface area contributed by atoms with Gasteiger partial charge in [-0.25, -0.2) is 14.5 Å². The number of methoxy groups -OCH3 is 1. The van der Waals surface area contributed by atoms with E-state index < -0.39 is 33.9 Å². The van der Waals surface area contributed by atoms with Crippen LogP contribution >= 0.6 is 11.6 Å². The fourth-order valence-corrected chi connectivity index (χ4v) is 4.59. The van der Waals surface area contributed by atoms with Gasteiger partial charge in [0.2, 0.25) is 0 Å². The number of carbonyl (C=O) groups excluding carboxylic acids is 4. The number of rotatable bonds is 6. The number of halogens is 1. The fraction of sp³-hybridized carbons (Fsp3) is 0.0400. The van der Waals surface area contributed by atoms with Gasteiger partial charge in [0.25, 0.3) is 11.8 Å². The van der Waals surface area contributed by atoms with Gasteiger partial charge >= 0.3 is 22.1 Å². The van der Waals surface area contributed by atoms with Gasteiger partial charge in [-0.2, -0.15) is 8.42 Å². The lowest BCUT2D eigenvalue weighted by Crippen LogP contribution is -2.54. The van der Waals surface area contributed by atoms with Crippen molar-refractivity contribution in [3.05, 3.63) is 94.5 Å². The molecule has 0 saturated carbocycles. The number of nitrogens with zero attached hydrogens (tertiary/aromatic N) is 1. The quantitative estimate of drug-likeness (QED) is 0.217. The van der Waals surface area contributed by atoms with E-state index in [-0.39, 0.29) is 38.1 Å². The van der Waals surface area contributed by atoms with Crippen molar-refractivity contribution in [2.24, 2.45) is 0 Å². The average Bonchev–Trinajstić information content (AvgIpc) is 2.88. The maximum Gasteiger partial charge on any atom is 0.339 e. The van der Waals surface area contributed by atoms with E-state index in [9.17, 15) is 27.6 Å². The minimum atomic E-state index is -4.14. The fourth-order valence-electron chi connectivity index (χ4n) is 3.35. The molecule has 0 aromatic heterocycles. The smallest absolute Gasteiger partial charge is 0.339 e. The molecule has 37 heavy (non-hydrogen) atoms. The van der Waals surface area contributed by atoms with E-state index in [2.05, 4.69) is 10.1 Å². The first-order chi connectivity index (χ1) is 17.6. The summed E-state index contributed by atoms with van der Waals surface area (Å²) in [6, 6.07) is 15.9. The van der Waals surface area contributed by atoms with Crippen LogP contribution in [0.1, 0.15) is 15.9 Å². The number of amides is 4. The van der Waals surface area contributed by atoms with Gasteiger partial charge in [-0.3, -0.25) is 14.9 Å². The Hall–Kier alpha value is -4.48. The molecule has 188 valence electrons. The molecule has 3 aromatic carbocycles. The number of barbiturate groups is 1. The number of esters is 1. The van der Waals surface area contributed by atoms with Gasteiger partial charge in [0.05, 0.1) is 23.4 Å². The number of ether oxygens (including phenoxy) is 1. The highest BCUT2D eigenvalue weighted by Gasteiger charge is 2.37. The summed E-state index contributed by atoms with van der Waals surface area (Å²) in [6.45, 7) is 0. The summed E-state index contributed by atoms with van der Waals surface area (Å²) < 4.78 is 34.7. The van der Waals surface area contributed by atoms with Crippen LogP contribution in [0.4, 0.5) is 10.5 Å². The Morgan fingerprint density at radius 1 is 0.973 bits per heavy atom. The maximum atomic E-state index is 13.1. The molecule has 1 heterocycles. The molecule has 4 amide bonds. The largest absolute Gasteiger partial charge is 0.465 e. The number of benzene rings is 3. The van der Waals surface area contributed by atoms with E-state index in [1.165, 1.54) is 67.8 Å². The van der Waals surface area contributed by atoms with Crippen LogP contribution in [0.2, 0.25) is 5.02 Å². The Morgan fingerprint density at radius 3 is 2.27 bits per heavy atom. The lowest BCUT2D eigenvalue weighted by molar-refractivity contribution is -0.122. The number of nitrogens with one attached hydrogen (secondary N) is 1. The van der Waals surface area contributed by atoms with Crippen LogP contribution in [0.25, 0.3) is 6.08 Å². The number of anilines is 1. The van der Waals surface area contributed by atoms with Crippen molar-refractivity contribution in [2.45, 2.75) is 4.90 Å². The van der Waals surface area contributed by atoms with E-state index in [0.29, 0.717) is 0 Å². The van der Waals surface area contributed by atoms with Crippen molar-refractivity contribution in [3.63, 3.8) is 0 Å². The topological polar surface area (TPSA) is 136 Å². The molecule has 0 spiro atoms. The lowest BCUT2D eigenvalue weighted by Gasteiger charge is -2.26. The van der Waals surface area contributed by atoms with Crippen LogP contribution in [0.5, 0.6) is 5.75 Å². The Labute approximate surface area is 216 Å². The normalized spacial score (nSPS) is 14.9. The van der Waals surface area contributed by atoms with E-state index in [1.54, 1.807) is 18.2 Å². The lowest BCUT2D eigenvalue weighted by atomic mass is 10.1. The zero-order valence-corrected chi connectivity index (χ0v) is 20.6. The standard InChI is InChI=1S/C25H17ClN2O8S/c1-35-24(31)16-8-10-17(11-9-16)28-23(30)19(22(29)27-25(28)32)13-15-7-12-21(20(26)14-15)36-37(33,34)18-5-3-2-4-6-18/h2-14H,1H3,(H,27,29,32)/b19-13+. The van der Waals surface area contributed by atoms with E-state index in [4.69, 9.17) is 15.8 Å². The Morgan fingerprint density at radius 2 is 1.65 bits per heavy atom. The minimum Gasteiger partial charge on any atom is -0.465 e. The number of imide groups is 2. The van der Waals surface area contributed by atoms with Gasteiger partial charge in [-0.15, -0.1) is 0 Å². The van der Waals surface area contributed by atoms with E-state index in [0.717, 1.165) is 4.90 Å². The van der Waals surface area contributed by atoms with Gasteiger partial charge in [-0.05, 0) is 60.2 Å². The molecule has 10 nitrogen and oxygen atoms in total. The summed E-state index contributed by atoms with van der Waals surface area (Å²) in [5.74, 6) is -2.60. The first-order valence-electron chi connectivity index (χ1n) is 10.5. The summed E-state index contributed by atoms with van der Waals surface area (Å²) >= 11 is 6.21. The second-order valence-corrected chi connectivity index (χ2v) is 9.49. The monoisotopic (exact) mass is 540 g/mol. The van der Waals surface area contributed by atoms with Crippen LogP contribution in [0.15, 0.2) is 83.3 Å². The molecule has 0 atom stereocenters. The van der Waals surface area contributed by atoms with Crippen molar-refractivity contribution in [1.82, 2.24) is 5.32 Å². The number of carbonyl (C=O) groups is 4. The summed E-state index contributed by atoms with van der Waals surface area (Å²) in [5.41, 5.74) is 0.206. The van der Waals surface area contributed by atoms with Crippen molar-refractivity contribution < 1.29 is 36.5 Å². The van der Waals surface area contributed by atoms with Gasteiger partial charge in [0, 0.05) is 0 Å². The Bertz CT molecular complexity index is 1550. The molecule has 0 bridgehead atoms. The van der Waals surface area contributed by atoms with Gasteiger partial charge in [0.15, 0.2) is 5.75 Å². The number of urea groups is 1. The molecule has 0 aliphatic carbocycles. The molecular weight excluding hydrogens is 524 g/mol. The molecule has 12 heteroatoms. The second-order valence-electron chi connectivity index (χ2n) is 7.54. The van der Waals surface area contributed by atoms with Crippen LogP contribution in [-0.2, 0) is 24.4 Å². The summed E-state index contributed by atoms with van der Waals surface area (Å²) in [6.07, 6.45) is 1.20. The first kappa shape index (κ1) is 25.6. The molecule has 3 aromatic rings. The molecule has 1 saturated heterocycles. The zero-order chi connectivity index (χ0) is 26.7. The predicted octanol–water partition coefficient (Wildman–Crippen LogP) is 3.56. The minimum absolute atomic E-state index is 0.0638.